The Kier molecular flexibility index (Phi) is 5.42. The number of hydrogen-bond donors (Lipinski definition) is 1. The van der Waals surface area contributed by atoms with E-state index in [4.69, 9.17) is 11.2 Å². The molecule has 0 saturated carbocycles. The zero-order chi connectivity index (χ0) is 17.0. The third-order valence-electron chi connectivity index (χ3n) is 3.64. The molecule has 1 aliphatic rings. The summed E-state index contributed by atoms with van der Waals surface area (Å²) in [5.74, 6) is 2.08. The van der Waals surface area contributed by atoms with Gasteiger partial charge in [0.2, 0.25) is 10.0 Å². The predicted octanol–water partition coefficient (Wildman–Crippen LogP) is 0.847. The number of nitrogens with one attached hydrogen (secondary N) is 1. The molecule has 1 fully saturated rings. The van der Waals surface area contributed by atoms with E-state index in [0.29, 0.717) is 18.7 Å². The second kappa shape index (κ2) is 7.13. The number of carbonyl (C=O) groups is 1. The molecule has 1 aromatic carbocycles. The molecule has 6 nitrogen and oxygen atoms in total. The van der Waals surface area contributed by atoms with Crippen LogP contribution in [0.1, 0.15) is 24.2 Å². The highest BCUT2D eigenvalue weighted by Crippen LogP contribution is 2.17. The molecule has 1 aliphatic heterocycles. The predicted molar refractivity (Wildman–Crippen MR) is 86.4 cm³/mol. The van der Waals surface area contributed by atoms with Gasteiger partial charge in [0, 0.05) is 12.1 Å². The lowest BCUT2D eigenvalue weighted by Crippen LogP contribution is -2.50. The fourth-order valence-electron chi connectivity index (χ4n) is 2.35. The van der Waals surface area contributed by atoms with Crippen molar-refractivity contribution >= 4 is 15.9 Å². The molecule has 2 unspecified atom stereocenters. The van der Waals surface area contributed by atoms with Gasteiger partial charge >= 0.3 is 0 Å². The van der Waals surface area contributed by atoms with Gasteiger partial charge in [0.25, 0.3) is 5.91 Å². The Hall–Kier alpha value is -1.88. The molecule has 1 N–H and O–H groups in total. The summed E-state index contributed by atoms with van der Waals surface area (Å²) in [6, 6.07) is 5.82. The molecular formula is C16H20N2O4S. The summed E-state index contributed by atoms with van der Waals surface area (Å²) in [7, 11) is -3.65. The molecule has 2 atom stereocenters. The number of terminal acetylenes is 1. The first-order valence-electron chi connectivity index (χ1n) is 7.31. The highest BCUT2D eigenvalue weighted by Gasteiger charge is 2.28. The van der Waals surface area contributed by atoms with Gasteiger partial charge in [0.15, 0.2) is 0 Å². The molecule has 0 aromatic heterocycles. The van der Waals surface area contributed by atoms with E-state index in [2.05, 4.69) is 10.6 Å². The number of benzene rings is 1. The van der Waals surface area contributed by atoms with E-state index >= 15 is 0 Å². The maximum Gasteiger partial charge on any atom is 0.254 e. The van der Waals surface area contributed by atoms with E-state index in [1.54, 1.807) is 4.90 Å². The summed E-state index contributed by atoms with van der Waals surface area (Å²) in [5, 5.41) is 0. The Balaban J connectivity index is 2.16. The van der Waals surface area contributed by atoms with Crippen LogP contribution in [-0.2, 0) is 14.8 Å². The highest BCUT2D eigenvalue weighted by atomic mass is 32.2. The number of morpholine rings is 1. The van der Waals surface area contributed by atoms with Gasteiger partial charge < -0.3 is 9.64 Å². The van der Waals surface area contributed by atoms with Crippen molar-refractivity contribution in [3.63, 3.8) is 0 Å². The van der Waals surface area contributed by atoms with Gasteiger partial charge in [-0.1, -0.05) is 5.92 Å². The van der Waals surface area contributed by atoms with Crippen LogP contribution in [-0.4, -0.2) is 51.1 Å². The first kappa shape index (κ1) is 17.5. The summed E-state index contributed by atoms with van der Waals surface area (Å²) in [5.41, 5.74) is 0.446. The Morgan fingerprint density at radius 3 is 2.65 bits per heavy atom. The van der Waals surface area contributed by atoms with Gasteiger partial charge in [-0.15, -0.1) is 6.42 Å². The van der Waals surface area contributed by atoms with Crippen molar-refractivity contribution in [3.05, 3.63) is 29.8 Å². The van der Waals surface area contributed by atoms with Gasteiger partial charge in [-0.3, -0.25) is 4.79 Å². The molecule has 1 amide bonds. The third kappa shape index (κ3) is 4.10. The first-order valence-corrected chi connectivity index (χ1v) is 8.79. The summed E-state index contributed by atoms with van der Waals surface area (Å²) in [4.78, 5) is 14.4. The monoisotopic (exact) mass is 336 g/mol. The molecule has 0 spiro atoms. The lowest BCUT2D eigenvalue weighted by atomic mass is 10.1. The maximum absolute atomic E-state index is 12.6. The molecule has 1 aromatic rings. The summed E-state index contributed by atoms with van der Waals surface area (Å²) >= 11 is 0. The van der Waals surface area contributed by atoms with Gasteiger partial charge in [-0.25, -0.2) is 8.42 Å². The van der Waals surface area contributed by atoms with E-state index in [0.717, 1.165) is 0 Å². The van der Waals surface area contributed by atoms with Gasteiger partial charge in [-0.2, -0.15) is 4.72 Å². The molecule has 0 aliphatic carbocycles. The quantitative estimate of drug-likeness (QED) is 0.827. The van der Waals surface area contributed by atoms with Crippen molar-refractivity contribution in [2.75, 3.05) is 19.7 Å². The van der Waals surface area contributed by atoms with Crippen molar-refractivity contribution in [2.45, 2.75) is 30.9 Å². The molecule has 124 valence electrons. The minimum Gasteiger partial charge on any atom is -0.375 e. The summed E-state index contributed by atoms with van der Waals surface area (Å²) < 4.78 is 31.7. The van der Waals surface area contributed by atoms with E-state index in [1.807, 2.05) is 13.8 Å². The van der Waals surface area contributed by atoms with E-state index in [-0.39, 0.29) is 29.5 Å². The minimum absolute atomic E-state index is 0.0113. The molecule has 1 heterocycles. The molecule has 1 saturated heterocycles. The number of hydrogen-bond acceptors (Lipinski definition) is 4. The second-order valence-corrected chi connectivity index (χ2v) is 7.27. The zero-order valence-electron chi connectivity index (χ0n) is 13.2. The molecule has 23 heavy (non-hydrogen) atoms. The lowest BCUT2D eigenvalue weighted by Gasteiger charge is -2.36. The normalized spacial score (nSPS) is 21.7. The third-order valence-corrected chi connectivity index (χ3v) is 5.06. The van der Waals surface area contributed by atoms with Crippen LogP contribution in [0, 0.1) is 12.3 Å². The van der Waals surface area contributed by atoms with Crippen molar-refractivity contribution in [2.24, 2.45) is 0 Å². The van der Waals surface area contributed by atoms with Crippen LogP contribution in [0.3, 0.4) is 0 Å². The van der Waals surface area contributed by atoms with Gasteiger partial charge in [-0.05, 0) is 38.1 Å². The number of rotatable bonds is 4. The van der Waals surface area contributed by atoms with Crippen LogP contribution in [0.5, 0.6) is 0 Å². The number of ether oxygens (including phenoxy) is 1. The molecule has 7 heteroatoms. The fourth-order valence-corrected chi connectivity index (χ4v) is 3.28. The number of carbonyl (C=O) groups excluding carboxylic acids is 1. The van der Waals surface area contributed by atoms with Gasteiger partial charge in [0.1, 0.15) is 0 Å². The first-order chi connectivity index (χ1) is 10.8. The van der Waals surface area contributed by atoms with Gasteiger partial charge in [0.05, 0.1) is 30.2 Å². The van der Waals surface area contributed by atoms with Crippen molar-refractivity contribution in [3.8, 4) is 12.3 Å². The Bertz CT molecular complexity index is 707. The lowest BCUT2D eigenvalue weighted by molar-refractivity contribution is -0.0387. The average Bonchev–Trinajstić information content (AvgIpc) is 2.54. The largest absolute Gasteiger partial charge is 0.375 e. The van der Waals surface area contributed by atoms with Crippen LogP contribution >= 0.6 is 0 Å². The fraction of sp³-hybridized carbons (Fsp3) is 0.438. The molecule has 0 bridgehead atoms. The maximum atomic E-state index is 12.6. The standard InChI is InChI=1S/C16H20N2O4S/c1-4-9-17-23(20,21)15-7-5-14(6-8-15)16(19)18-10-13(3)22-11-12(18)2/h1,5-8,12-13,17H,9-11H2,2-3H3. The highest BCUT2D eigenvalue weighted by molar-refractivity contribution is 7.89. The van der Waals surface area contributed by atoms with Crippen LogP contribution < -0.4 is 4.72 Å². The second-order valence-electron chi connectivity index (χ2n) is 5.50. The van der Waals surface area contributed by atoms with Crippen LogP contribution in [0.4, 0.5) is 0 Å². The smallest absolute Gasteiger partial charge is 0.254 e. The Labute approximate surface area is 136 Å². The molecule has 0 radical (unpaired) electrons. The Morgan fingerprint density at radius 1 is 1.39 bits per heavy atom. The average molecular weight is 336 g/mol. The SMILES string of the molecule is C#CCNS(=O)(=O)c1ccc(C(=O)N2CC(C)OCC2C)cc1. The molecular weight excluding hydrogens is 316 g/mol. The van der Waals surface area contributed by atoms with Crippen molar-refractivity contribution < 1.29 is 17.9 Å². The molecule has 2 rings (SSSR count). The summed E-state index contributed by atoms with van der Waals surface area (Å²) in [6.45, 7) is 4.77. The van der Waals surface area contributed by atoms with Crippen LogP contribution in [0.2, 0.25) is 0 Å². The summed E-state index contributed by atoms with van der Waals surface area (Å²) in [6.07, 6.45) is 5.04. The van der Waals surface area contributed by atoms with E-state index < -0.39 is 10.0 Å². The minimum atomic E-state index is -3.65. The number of nitrogens with zero attached hydrogens (tertiary/aromatic N) is 1. The van der Waals surface area contributed by atoms with Crippen LogP contribution in [0.15, 0.2) is 29.2 Å². The van der Waals surface area contributed by atoms with E-state index in [1.165, 1.54) is 24.3 Å². The zero-order valence-corrected chi connectivity index (χ0v) is 14.0. The number of amides is 1. The van der Waals surface area contributed by atoms with Crippen molar-refractivity contribution in [1.82, 2.24) is 9.62 Å². The van der Waals surface area contributed by atoms with Crippen molar-refractivity contribution in [1.29, 1.82) is 0 Å². The topological polar surface area (TPSA) is 75.7 Å². The number of sulfonamides is 1. The van der Waals surface area contributed by atoms with E-state index in [9.17, 15) is 13.2 Å². The Morgan fingerprint density at radius 2 is 2.04 bits per heavy atom. The van der Waals surface area contributed by atoms with Crippen LogP contribution in [0.25, 0.3) is 0 Å².